The summed E-state index contributed by atoms with van der Waals surface area (Å²) in [5.41, 5.74) is 0.949. The number of hydrogen-bond donors (Lipinski definition) is 2. The van der Waals surface area contributed by atoms with E-state index in [0.29, 0.717) is 13.1 Å². The number of nitrogens with two attached hydrogens (primary N) is 1. The Bertz CT molecular complexity index is 676. The van der Waals surface area contributed by atoms with Crippen LogP contribution in [0.15, 0.2) is 29.2 Å². The quantitative estimate of drug-likeness (QED) is 0.806. The van der Waals surface area contributed by atoms with Crippen LogP contribution in [0.1, 0.15) is 19.3 Å². The number of rotatable bonds is 3. The molecule has 1 aromatic rings. The molecule has 3 N–H and O–H groups in total. The molecule has 2 fully saturated rings. The first-order chi connectivity index (χ1) is 11.4. The van der Waals surface area contributed by atoms with Gasteiger partial charge in [-0.25, -0.2) is 13.6 Å². The summed E-state index contributed by atoms with van der Waals surface area (Å²) in [7, 11) is -3.66. The largest absolute Gasteiger partial charge is 0.368 e. The summed E-state index contributed by atoms with van der Waals surface area (Å²) in [5, 5.41) is 8.42. The molecule has 1 aromatic carbocycles. The number of benzene rings is 1. The van der Waals surface area contributed by atoms with Gasteiger partial charge in [-0.05, 0) is 43.7 Å². The van der Waals surface area contributed by atoms with Gasteiger partial charge in [0.1, 0.15) is 0 Å². The molecule has 0 aliphatic carbocycles. The lowest BCUT2D eigenvalue weighted by atomic mass is 10.0. The number of piperazine rings is 1. The predicted molar refractivity (Wildman–Crippen MR) is 92.2 cm³/mol. The van der Waals surface area contributed by atoms with E-state index < -0.39 is 10.0 Å². The number of anilines is 1. The normalized spacial score (nSPS) is 22.5. The van der Waals surface area contributed by atoms with Gasteiger partial charge in [0.2, 0.25) is 15.9 Å². The Balaban J connectivity index is 1.57. The van der Waals surface area contributed by atoms with E-state index in [2.05, 4.69) is 10.2 Å². The molecule has 2 aliphatic heterocycles. The fourth-order valence-electron chi connectivity index (χ4n) is 3.31. The fraction of sp³-hybridized carbons (Fsp3) is 0.562. The first kappa shape index (κ1) is 17.2. The van der Waals surface area contributed by atoms with Gasteiger partial charge in [0.15, 0.2) is 0 Å². The smallest absolute Gasteiger partial charge is 0.239 e. The molecule has 0 radical (unpaired) electrons. The minimum atomic E-state index is -3.66. The molecule has 2 saturated heterocycles. The average Bonchev–Trinajstić information content (AvgIpc) is 2.61. The predicted octanol–water partition coefficient (Wildman–Crippen LogP) is 0.125. The second-order valence-corrected chi connectivity index (χ2v) is 7.92. The molecular weight excluding hydrogens is 328 g/mol. The number of primary sulfonamides is 1. The van der Waals surface area contributed by atoms with E-state index in [1.54, 1.807) is 12.1 Å². The molecule has 0 aromatic heterocycles. The molecule has 0 spiro atoms. The van der Waals surface area contributed by atoms with E-state index >= 15 is 0 Å². The molecular formula is C16H24N4O3S. The van der Waals surface area contributed by atoms with Crippen LogP contribution in [0.4, 0.5) is 5.69 Å². The molecule has 0 unspecified atom stereocenters. The van der Waals surface area contributed by atoms with Crippen LogP contribution < -0.4 is 15.4 Å². The van der Waals surface area contributed by atoms with Gasteiger partial charge in [-0.3, -0.25) is 4.79 Å². The van der Waals surface area contributed by atoms with Crippen LogP contribution in [-0.4, -0.2) is 58.0 Å². The summed E-state index contributed by atoms with van der Waals surface area (Å²) in [6.07, 6.45) is 3.18. The van der Waals surface area contributed by atoms with Crippen LogP contribution >= 0.6 is 0 Å². The van der Waals surface area contributed by atoms with E-state index in [1.165, 1.54) is 12.1 Å². The second-order valence-electron chi connectivity index (χ2n) is 6.35. The molecule has 2 aliphatic rings. The SMILES string of the molecule is NS(=O)(=O)c1ccc(N2CCN(C(=O)[C@H]3CCCCN3)CC2)cc1. The van der Waals surface area contributed by atoms with Crippen LogP contribution in [0.25, 0.3) is 0 Å². The molecule has 0 bridgehead atoms. The highest BCUT2D eigenvalue weighted by molar-refractivity contribution is 7.89. The van der Waals surface area contributed by atoms with Crippen molar-refractivity contribution >= 4 is 21.6 Å². The van der Waals surface area contributed by atoms with E-state index in [1.807, 2.05) is 4.90 Å². The number of nitrogens with zero attached hydrogens (tertiary/aromatic N) is 2. The van der Waals surface area contributed by atoms with Crippen molar-refractivity contribution in [1.29, 1.82) is 0 Å². The molecule has 2 heterocycles. The van der Waals surface area contributed by atoms with Gasteiger partial charge >= 0.3 is 0 Å². The summed E-state index contributed by atoms with van der Waals surface area (Å²) in [4.78, 5) is 16.7. The molecule has 3 rings (SSSR count). The maximum absolute atomic E-state index is 12.5. The molecule has 132 valence electrons. The van der Waals surface area contributed by atoms with E-state index in [-0.39, 0.29) is 16.8 Å². The first-order valence-corrected chi connectivity index (χ1v) is 9.90. The highest BCUT2D eigenvalue weighted by atomic mass is 32.2. The Labute approximate surface area is 142 Å². The van der Waals surface area contributed by atoms with Crippen molar-refractivity contribution < 1.29 is 13.2 Å². The van der Waals surface area contributed by atoms with E-state index in [9.17, 15) is 13.2 Å². The third-order valence-corrected chi connectivity index (χ3v) is 5.66. The molecule has 24 heavy (non-hydrogen) atoms. The zero-order chi connectivity index (χ0) is 17.2. The van der Waals surface area contributed by atoms with Crippen molar-refractivity contribution in [3.63, 3.8) is 0 Å². The van der Waals surface area contributed by atoms with Crippen molar-refractivity contribution in [3.05, 3.63) is 24.3 Å². The third kappa shape index (κ3) is 3.88. The van der Waals surface area contributed by atoms with Gasteiger partial charge in [-0.1, -0.05) is 6.42 Å². The first-order valence-electron chi connectivity index (χ1n) is 8.35. The average molecular weight is 352 g/mol. The van der Waals surface area contributed by atoms with Crippen molar-refractivity contribution in [1.82, 2.24) is 10.2 Å². The van der Waals surface area contributed by atoms with Crippen LogP contribution in [0.2, 0.25) is 0 Å². The van der Waals surface area contributed by atoms with Crippen molar-refractivity contribution in [3.8, 4) is 0 Å². The molecule has 0 saturated carbocycles. The number of nitrogens with one attached hydrogen (secondary N) is 1. The van der Waals surface area contributed by atoms with Crippen LogP contribution in [-0.2, 0) is 14.8 Å². The molecule has 1 amide bonds. The maximum Gasteiger partial charge on any atom is 0.239 e. The second kappa shape index (κ2) is 7.08. The molecule has 8 heteroatoms. The zero-order valence-corrected chi connectivity index (χ0v) is 14.5. The third-order valence-electron chi connectivity index (χ3n) is 4.73. The number of sulfonamides is 1. The summed E-state index contributed by atoms with van der Waals surface area (Å²) < 4.78 is 22.6. The Hall–Kier alpha value is -1.64. The Morgan fingerprint density at radius 2 is 1.75 bits per heavy atom. The molecule has 7 nitrogen and oxygen atoms in total. The summed E-state index contributed by atoms with van der Waals surface area (Å²) >= 11 is 0. The highest BCUT2D eigenvalue weighted by Crippen LogP contribution is 2.20. The fourth-order valence-corrected chi connectivity index (χ4v) is 3.83. The number of carbonyl (C=O) groups excluding carboxylic acids is 1. The Kier molecular flexibility index (Phi) is 5.07. The standard InChI is InChI=1S/C16H24N4O3S/c17-24(22,23)14-6-4-13(5-7-14)19-9-11-20(12-10-19)16(21)15-3-1-2-8-18-15/h4-7,15,18H,1-3,8-12H2,(H2,17,22,23)/t15-/m1/s1. The number of hydrogen-bond acceptors (Lipinski definition) is 5. The zero-order valence-electron chi connectivity index (χ0n) is 13.6. The summed E-state index contributed by atoms with van der Waals surface area (Å²) in [6, 6.07) is 6.54. The number of amides is 1. The van der Waals surface area contributed by atoms with Gasteiger partial charge in [0.05, 0.1) is 10.9 Å². The van der Waals surface area contributed by atoms with Crippen molar-refractivity contribution in [2.24, 2.45) is 5.14 Å². The van der Waals surface area contributed by atoms with E-state index in [0.717, 1.165) is 44.6 Å². The van der Waals surface area contributed by atoms with Crippen LogP contribution in [0.5, 0.6) is 0 Å². The summed E-state index contributed by atoms with van der Waals surface area (Å²) in [5.74, 6) is 0.207. The Morgan fingerprint density at radius 3 is 2.29 bits per heavy atom. The van der Waals surface area contributed by atoms with Crippen molar-refractivity contribution in [2.45, 2.75) is 30.2 Å². The number of piperidine rings is 1. The van der Waals surface area contributed by atoms with Gasteiger partial charge in [0, 0.05) is 31.9 Å². The van der Waals surface area contributed by atoms with Gasteiger partial charge < -0.3 is 15.1 Å². The lowest BCUT2D eigenvalue weighted by molar-refractivity contribution is -0.134. The van der Waals surface area contributed by atoms with Gasteiger partial charge in [0.25, 0.3) is 0 Å². The minimum absolute atomic E-state index is 0.0284. The Morgan fingerprint density at radius 1 is 1.08 bits per heavy atom. The topological polar surface area (TPSA) is 95.7 Å². The monoisotopic (exact) mass is 352 g/mol. The maximum atomic E-state index is 12.5. The van der Waals surface area contributed by atoms with Crippen LogP contribution in [0.3, 0.4) is 0 Å². The van der Waals surface area contributed by atoms with Crippen LogP contribution in [0, 0.1) is 0 Å². The van der Waals surface area contributed by atoms with Gasteiger partial charge in [-0.15, -0.1) is 0 Å². The van der Waals surface area contributed by atoms with Gasteiger partial charge in [-0.2, -0.15) is 0 Å². The highest BCUT2D eigenvalue weighted by Gasteiger charge is 2.28. The van der Waals surface area contributed by atoms with E-state index in [4.69, 9.17) is 5.14 Å². The lowest BCUT2D eigenvalue weighted by Gasteiger charge is -2.38. The minimum Gasteiger partial charge on any atom is -0.368 e. The van der Waals surface area contributed by atoms with Crippen molar-refractivity contribution in [2.75, 3.05) is 37.6 Å². The molecule has 1 atom stereocenters. The number of carbonyl (C=O) groups is 1. The summed E-state index contributed by atoms with van der Waals surface area (Å²) in [6.45, 7) is 3.79. The lowest BCUT2D eigenvalue weighted by Crippen LogP contribution is -2.55.